The van der Waals surface area contributed by atoms with Crippen LogP contribution in [0.5, 0.6) is 0 Å². The Morgan fingerprint density at radius 3 is 3.07 bits per heavy atom. The molecular weight excluding hydrogens is 216 g/mol. The third-order valence-electron chi connectivity index (χ3n) is 1.71. The Bertz CT molecular complexity index is 413. The topological polar surface area (TPSA) is 77.8 Å². The molecule has 0 aromatic carbocycles. The van der Waals surface area contributed by atoms with Gasteiger partial charge in [0.15, 0.2) is 0 Å². The summed E-state index contributed by atoms with van der Waals surface area (Å²) in [5.74, 6) is -0.356. The molecule has 0 radical (unpaired) electrons. The first kappa shape index (κ1) is 11.3. The molecule has 0 saturated carbocycles. The van der Waals surface area contributed by atoms with E-state index in [9.17, 15) is 4.79 Å². The number of amides is 1. The zero-order valence-corrected chi connectivity index (χ0v) is 8.80. The van der Waals surface area contributed by atoms with Crippen molar-refractivity contribution >= 4 is 23.2 Å². The van der Waals surface area contributed by atoms with Crippen LogP contribution in [0, 0.1) is 11.3 Å². The second kappa shape index (κ2) is 5.17. The first-order valence-corrected chi connectivity index (χ1v) is 4.55. The molecule has 0 saturated heterocycles. The Morgan fingerprint density at radius 1 is 1.73 bits per heavy atom. The number of halogens is 1. The predicted molar refractivity (Wildman–Crippen MR) is 56.7 cm³/mol. The van der Waals surface area contributed by atoms with Gasteiger partial charge in [0.25, 0.3) is 5.91 Å². The number of nitrogens with zero attached hydrogens (tertiary/aromatic N) is 2. The van der Waals surface area contributed by atoms with Gasteiger partial charge in [-0.05, 0) is 6.07 Å². The van der Waals surface area contributed by atoms with Crippen LogP contribution in [0.25, 0.3) is 0 Å². The van der Waals surface area contributed by atoms with Crippen LogP contribution in [0.1, 0.15) is 10.4 Å². The SMILES string of the molecule is CNc1cc(Cl)ncc1C(=O)NCC#N. The van der Waals surface area contributed by atoms with Gasteiger partial charge in [-0.2, -0.15) is 5.26 Å². The van der Waals surface area contributed by atoms with E-state index >= 15 is 0 Å². The monoisotopic (exact) mass is 224 g/mol. The molecule has 78 valence electrons. The summed E-state index contributed by atoms with van der Waals surface area (Å²) in [5, 5.41) is 13.9. The highest BCUT2D eigenvalue weighted by atomic mass is 35.5. The fraction of sp³-hybridized carbons (Fsp3) is 0.222. The van der Waals surface area contributed by atoms with E-state index in [4.69, 9.17) is 16.9 Å². The van der Waals surface area contributed by atoms with Crippen molar-refractivity contribution in [2.24, 2.45) is 0 Å². The fourth-order valence-corrected chi connectivity index (χ4v) is 1.19. The summed E-state index contributed by atoms with van der Waals surface area (Å²) < 4.78 is 0. The van der Waals surface area contributed by atoms with Gasteiger partial charge in [-0.3, -0.25) is 4.79 Å². The van der Waals surface area contributed by atoms with Gasteiger partial charge in [0.1, 0.15) is 11.7 Å². The van der Waals surface area contributed by atoms with Crippen LogP contribution in [-0.2, 0) is 0 Å². The first-order valence-electron chi connectivity index (χ1n) is 4.17. The van der Waals surface area contributed by atoms with Gasteiger partial charge in [-0.1, -0.05) is 11.6 Å². The second-order valence-corrected chi connectivity index (χ2v) is 3.03. The van der Waals surface area contributed by atoms with Crippen molar-refractivity contribution in [3.05, 3.63) is 23.0 Å². The van der Waals surface area contributed by atoms with Crippen LogP contribution in [-0.4, -0.2) is 24.5 Å². The van der Waals surface area contributed by atoms with E-state index in [-0.39, 0.29) is 12.5 Å². The minimum atomic E-state index is -0.356. The molecular formula is C9H9ClN4O. The summed E-state index contributed by atoms with van der Waals surface area (Å²) in [4.78, 5) is 15.3. The first-order chi connectivity index (χ1) is 7.19. The van der Waals surface area contributed by atoms with Gasteiger partial charge in [0.2, 0.25) is 0 Å². The number of anilines is 1. The highest BCUT2D eigenvalue weighted by molar-refractivity contribution is 6.29. The number of pyridine rings is 1. The van der Waals surface area contributed by atoms with E-state index in [1.165, 1.54) is 6.20 Å². The average Bonchev–Trinajstić information content (AvgIpc) is 2.25. The summed E-state index contributed by atoms with van der Waals surface area (Å²) in [6.45, 7) is -0.0371. The minimum absolute atomic E-state index is 0.0371. The standard InChI is InChI=1S/C9H9ClN4O/c1-12-7-4-8(10)14-5-6(7)9(15)13-3-2-11/h4-5H,3H2,1H3,(H,12,14)(H,13,15). The summed E-state index contributed by atoms with van der Waals surface area (Å²) >= 11 is 5.67. The molecule has 2 N–H and O–H groups in total. The van der Waals surface area contributed by atoms with Gasteiger partial charge in [0, 0.05) is 13.2 Å². The van der Waals surface area contributed by atoms with Crippen LogP contribution >= 0.6 is 11.6 Å². The number of rotatable bonds is 3. The van der Waals surface area contributed by atoms with Crippen LogP contribution < -0.4 is 10.6 Å². The van der Waals surface area contributed by atoms with E-state index in [2.05, 4.69) is 15.6 Å². The van der Waals surface area contributed by atoms with E-state index < -0.39 is 0 Å². The third kappa shape index (κ3) is 2.82. The summed E-state index contributed by atoms with van der Waals surface area (Å²) in [6, 6.07) is 3.36. The molecule has 1 aromatic rings. The van der Waals surface area contributed by atoms with Crippen molar-refractivity contribution < 1.29 is 4.79 Å². The Morgan fingerprint density at radius 2 is 2.47 bits per heavy atom. The lowest BCUT2D eigenvalue weighted by Crippen LogP contribution is -2.24. The fourth-order valence-electron chi connectivity index (χ4n) is 1.03. The van der Waals surface area contributed by atoms with Crippen LogP contribution in [0.3, 0.4) is 0 Å². The molecule has 0 aliphatic heterocycles. The molecule has 1 amide bonds. The molecule has 0 unspecified atom stereocenters. The van der Waals surface area contributed by atoms with Crippen molar-refractivity contribution in [3.8, 4) is 6.07 Å². The van der Waals surface area contributed by atoms with Crippen molar-refractivity contribution in [3.63, 3.8) is 0 Å². The molecule has 5 nitrogen and oxygen atoms in total. The molecule has 0 atom stereocenters. The van der Waals surface area contributed by atoms with Gasteiger partial charge in [-0.15, -0.1) is 0 Å². The highest BCUT2D eigenvalue weighted by Gasteiger charge is 2.10. The normalized spacial score (nSPS) is 9.13. The maximum absolute atomic E-state index is 11.5. The summed E-state index contributed by atoms with van der Waals surface area (Å²) in [6.07, 6.45) is 1.36. The zero-order valence-electron chi connectivity index (χ0n) is 8.04. The van der Waals surface area contributed by atoms with E-state index in [1.807, 2.05) is 6.07 Å². The van der Waals surface area contributed by atoms with Crippen molar-refractivity contribution in [1.29, 1.82) is 5.26 Å². The minimum Gasteiger partial charge on any atom is -0.387 e. The number of nitrogens with one attached hydrogen (secondary N) is 2. The molecule has 0 aliphatic carbocycles. The van der Waals surface area contributed by atoms with Crippen molar-refractivity contribution in [2.45, 2.75) is 0 Å². The molecule has 1 heterocycles. The zero-order chi connectivity index (χ0) is 11.3. The van der Waals surface area contributed by atoms with Crippen molar-refractivity contribution in [1.82, 2.24) is 10.3 Å². The van der Waals surface area contributed by atoms with Gasteiger partial charge in [0.05, 0.1) is 17.3 Å². The molecule has 0 spiro atoms. The van der Waals surface area contributed by atoms with Gasteiger partial charge in [-0.25, -0.2) is 4.98 Å². The average molecular weight is 225 g/mol. The maximum Gasteiger partial charge on any atom is 0.255 e. The molecule has 0 fully saturated rings. The van der Waals surface area contributed by atoms with Crippen LogP contribution in [0.2, 0.25) is 5.15 Å². The van der Waals surface area contributed by atoms with Crippen molar-refractivity contribution in [2.75, 3.05) is 18.9 Å². The Balaban J connectivity index is 2.93. The number of hydrogen-bond acceptors (Lipinski definition) is 4. The van der Waals surface area contributed by atoms with Crippen LogP contribution in [0.4, 0.5) is 5.69 Å². The van der Waals surface area contributed by atoms with E-state index in [0.29, 0.717) is 16.4 Å². The van der Waals surface area contributed by atoms with Gasteiger partial charge >= 0.3 is 0 Å². The number of carbonyl (C=O) groups is 1. The number of nitriles is 1. The lowest BCUT2D eigenvalue weighted by Gasteiger charge is -2.07. The third-order valence-corrected chi connectivity index (χ3v) is 1.92. The number of hydrogen-bond donors (Lipinski definition) is 2. The van der Waals surface area contributed by atoms with E-state index in [0.717, 1.165) is 0 Å². The molecule has 0 aliphatic rings. The lowest BCUT2D eigenvalue weighted by atomic mass is 10.2. The van der Waals surface area contributed by atoms with Gasteiger partial charge < -0.3 is 10.6 Å². The maximum atomic E-state index is 11.5. The number of carbonyl (C=O) groups excluding carboxylic acids is 1. The Labute approximate surface area is 92.1 Å². The Kier molecular flexibility index (Phi) is 3.89. The predicted octanol–water partition coefficient (Wildman–Crippen LogP) is 1.03. The molecule has 6 heteroatoms. The smallest absolute Gasteiger partial charge is 0.255 e. The highest BCUT2D eigenvalue weighted by Crippen LogP contribution is 2.17. The molecule has 0 bridgehead atoms. The quantitative estimate of drug-likeness (QED) is 0.594. The molecule has 1 aromatic heterocycles. The largest absolute Gasteiger partial charge is 0.387 e. The Hall–Kier alpha value is -1.80. The van der Waals surface area contributed by atoms with Crippen LogP contribution in [0.15, 0.2) is 12.3 Å². The summed E-state index contributed by atoms with van der Waals surface area (Å²) in [5.41, 5.74) is 0.933. The lowest BCUT2D eigenvalue weighted by molar-refractivity contribution is 0.0959. The second-order valence-electron chi connectivity index (χ2n) is 2.64. The summed E-state index contributed by atoms with van der Waals surface area (Å²) in [7, 11) is 1.67. The number of aromatic nitrogens is 1. The van der Waals surface area contributed by atoms with E-state index in [1.54, 1.807) is 13.1 Å². The molecule has 1 rings (SSSR count). The molecule has 15 heavy (non-hydrogen) atoms.